The Balaban J connectivity index is 0.00000264. The minimum absolute atomic E-state index is 0. The first-order valence-corrected chi connectivity index (χ1v) is 8.50. The molecule has 2 N–H and O–H groups in total. The first kappa shape index (κ1) is 20.2. The fraction of sp³-hybridized carbons (Fsp3) is 0.611. The fourth-order valence-corrected chi connectivity index (χ4v) is 2.63. The zero-order chi connectivity index (χ0) is 15.6. The van der Waals surface area contributed by atoms with Crippen LogP contribution in [-0.2, 0) is 4.74 Å². The molecule has 0 aliphatic heterocycles. The molecule has 1 aromatic carbocycles. The van der Waals surface area contributed by atoms with Gasteiger partial charge in [0.05, 0.1) is 0 Å². The van der Waals surface area contributed by atoms with Crippen LogP contribution in [0.15, 0.2) is 35.3 Å². The van der Waals surface area contributed by atoms with Crippen molar-refractivity contribution < 1.29 is 4.74 Å². The lowest BCUT2D eigenvalue weighted by molar-refractivity contribution is 0.145. The van der Waals surface area contributed by atoms with Crippen LogP contribution < -0.4 is 10.6 Å². The molecule has 2 unspecified atom stereocenters. The maximum Gasteiger partial charge on any atom is 0.191 e. The summed E-state index contributed by atoms with van der Waals surface area (Å²) in [5, 5.41) is 6.69. The van der Waals surface area contributed by atoms with Gasteiger partial charge < -0.3 is 15.4 Å². The van der Waals surface area contributed by atoms with Gasteiger partial charge in [-0.3, -0.25) is 4.99 Å². The Morgan fingerprint density at radius 3 is 2.70 bits per heavy atom. The van der Waals surface area contributed by atoms with E-state index in [0.717, 1.165) is 45.2 Å². The summed E-state index contributed by atoms with van der Waals surface area (Å²) in [5.41, 5.74) is 1.46. The van der Waals surface area contributed by atoms with Gasteiger partial charge in [-0.15, -0.1) is 24.0 Å². The van der Waals surface area contributed by atoms with E-state index in [4.69, 9.17) is 9.73 Å². The van der Waals surface area contributed by atoms with E-state index in [-0.39, 0.29) is 24.0 Å². The Bertz CT molecular complexity index is 453. The molecule has 4 nitrogen and oxygen atoms in total. The summed E-state index contributed by atoms with van der Waals surface area (Å²) in [6.07, 6.45) is 2.27. The van der Waals surface area contributed by atoms with E-state index < -0.39 is 0 Å². The summed E-state index contributed by atoms with van der Waals surface area (Å²) in [5.74, 6) is 2.32. The second kappa shape index (κ2) is 11.7. The third-order valence-electron chi connectivity index (χ3n) is 3.94. The molecule has 1 saturated carbocycles. The van der Waals surface area contributed by atoms with Gasteiger partial charge in [-0.1, -0.05) is 30.3 Å². The molecule has 2 atom stereocenters. The molecule has 0 spiro atoms. The Morgan fingerprint density at radius 1 is 1.22 bits per heavy atom. The molecule has 1 fully saturated rings. The lowest BCUT2D eigenvalue weighted by Gasteiger charge is -2.11. The van der Waals surface area contributed by atoms with E-state index in [9.17, 15) is 0 Å². The second-order valence-corrected chi connectivity index (χ2v) is 5.71. The Morgan fingerprint density at radius 2 is 2.00 bits per heavy atom. The molecule has 0 saturated heterocycles. The number of rotatable bonds is 9. The van der Waals surface area contributed by atoms with Crippen LogP contribution in [-0.4, -0.2) is 38.8 Å². The van der Waals surface area contributed by atoms with E-state index in [1.165, 1.54) is 12.0 Å². The van der Waals surface area contributed by atoms with Crippen molar-refractivity contribution >= 4 is 29.9 Å². The lowest BCUT2D eigenvalue weighted by atomic mass is 10.1. The van der Waals surface area contributed by atoms with Crippen LogP contribution in [0.1, 0.15) is 38.2 Å². The van der Waals surface area contributed by atoms with Crippen LogP contribution in [0.4, 0.5) is 0 Å². The molecule has 1 aromatic rings. The van der Waals surface area contributed by atoms with Crippen molar-refractivity contribution in [3.8, 4) is 0 Å². The molecule has 130 valence electrons. The largest absolute Gasteiger partial charge is 0.382 e. The molecular formula is C18H30IN3O. The van der Waals surface area contributed by atoms with Crippen LogP contribution >= 0.6 is 24.0 Å². The number of nitrogens with zero attached hydrogens (tertiary/aromatic N) is 1. The average molecular weight is 431 g/mol. The molecular weight excluding hydrogens is 401 g/mol. The summed E-state index contributed by atoms with van der Waals surface area (Å²) < 4.78 is 5.35. The number of hydrogen-bond acceptors (Lipinski definition) is 2. The van der Waals surface area contributed by atoms with Gasteiger partial charge in [0, 0.05) is 32.8 Å². The number of nitrogens with one attached hydrogen (secondary N) is 2. The second-order valence-electron chi connectivity index (χ2n) is 5.71. The molecule has 0 aromatic heterocycles. The van der Waals surface area contributed by atoms with E-state index >= 15 is 0 Å². The van der Waals surface area contributed by atoms with Crippen LogP contribution in [0.2, 0.25) is 0 Å². The molecule has 2 rings (SSSR count). The van der Waals surface area contributed by atoms with Gasteiger partial charge in [-0.05, 0) is 44.1 Å². The normalized spacial score (nSPS) is 19.8. The topological polar surface area (TPSA) is 45.7 Å². The van der Waals surface area contributed by atoms with E-state index in [0.29, 0.717) is 11.8 Å². The van der Waals surface area contributed by atoms with Crippen LogP contribution in [0, 0.1) is 5.92 Å². The minimum atomic E-state index is 0. The van der Waals surface area contributed by atoms with Crippen LogP contribution in [0.5, 0.6) is 0 Å². The van der Waals surface area contributed by atoms with Crippen molar-refractivity contribution in [3.05, 3.63) is 35.9 Å². The Kier molecular flexibility index (Phi) is 10.3. The number of halogens is 1. The van der Waals surface area contributed by atoms with Crippen molar-refractivity contribution in [1.29, 1.82) is 0 Å². The molecule has 0 bridgehead atoms. The molecule has 0 heterocycles. The van der Waals surface area contributed by atoms with E-state index in [1.807, 2.05) is 6.92 Å². The fourth-order valence-electron chi connectivity index (χ4n) is 2.63. The first-order valence-electron chi connectivity index (χ1n) is 8.50. The van der Waals surface area contributed by atoms with Crippen molar-refractivity contribution in [2.45, 2.75) is 32.6 Å². The molecule has 0 amide bonds. The number of aliphatic imine (C=N–C) groups is 1. The number of hydrogen-bond donors (Lipinski definition) is 2. The molecule has 1 aliphatic rings. The molecule has 1 aliphatic carbocycles. The molecule has 5 heteroatoms. The van der Waals surface area contributed by atoms with Crippen molar-refractivity contribution in [3.63, 3.8) is 0 Å². The van der Waals surface area contributed by atoms with Gasteiger partial charge >= 0.3 is 0 Å². The van der Waals surface area contributed by atoms with Crippen molar-refractivity contribution in [2.24, 2.45) is 10.9 Å². The summed E-state index contributed by atoms with van der Waals surface area (Å²) in [6.45, 7) is 8.42. The average Bonchev–Trinajstić information content (AvgIpc) is 3.33. The Labute approximate surface area is 157 Å². The van der Waals surface area contributed by atoms with Crippen molar-refractivity contribution in [1.82, 2.24) is 10.6 Å². The van der Waals surface area contributed by atoms with E-state index in [1.54, 1.807) is 0 Å². The third-order valence-corrected chi connectivity index (χ3v) is 3.94. The van der Waals surface area contributed by atoms with Crippen LogP contribution in [0.25, 0.3) is 0 Å². The number of benzene rings is 1. The molecule has 23 heavy (non-hydrogen) atoms. The Hall–Kier alpha value is -0.820. The quantitative estimate of drug-likeness (QED) is 0.273. The van der Waals surface area contributed by atoms with Crippen LogP contribution in [0.3, 0.4) is 0 Å². The van der Waals surface area contributed by atoms with Gasteiger partial charge in [0.25, 0.3) is 0 Å². The zero-order valence-corrected chi connectivity index (χ0v) is 16.6. The summed E-state index contributed by atoms with van der Waals surface area (Å²) in [4.78, 5) is 4.72. The van der Waals surface area contributed by atoms with Gasteiger partial charge in [0.15, 0.2) is 5.96 Å². The summed E-state index contributed by atoms with van der Waals surface area (Å²) >= 11 is 0. The highest BCUT2D eigenvalue weighted by Crippen LogP contribution is 2.47. The highest BCUT2D eigenvalue weighted by molar-refractivity contribution is 14.0. The SMILES string of the molecule is CCNC(=NCC1CC1c1ccccc1)NCCCOCC.I. The summed E-state index contributed by atoms with van der Waals surface area (Å²) in [6, 6.07) is 10.8. The highest BCUT2D eigenvalue weighted by Gasteiger charge is 2.37. The van der Waals surface area contributed by atoms with Gasteiger partial charge in [0.2, 0.25) is 0 Å². The third kappa shape index (κ3) is 7.52. The predicted molar refractivity (Wildman–Crippen MR) is 108 cm³/mol. The zero-order valence-electron chi connectivity index (χ0n) is 14.3. The van der Waals surface area contributed by atoms with Gasteiger partial charge in [-0.2, -0.15) is 0 Å². The number of guanidine groups is 1. The minimum Gasteiger partial charge on any atom is -0.382 e. The smallest absolute Gasteiger partial charge is 0.191 e. The van der Waals surface area contributed by atoms with Gasteiger partial charge in [-0.25, -0.2) is 0 Å². The standard InChI is InChI=1S/C18H29N3O.HI/c1-3-19-18(20-11-8-12-22-4-2)21-14-16-13-17(16)15-9-6-5-7-10-15;/h5-7,9-10,16-17H,3-4,8,11-14H2,1-2H3,(H2,19,20,21);1H. The van der Waals surface area contributed by atoms with Crippen molar-refractivity contribution in [2.75, 3.05) is 32.8 Å². The van der Waals surface area contributed by atoms with Gasteiger partial charge in [0.1, 0.15) is 0 Å². The predicted octanol–water partition coefficient (Wildman–Crippen LogP) is 3.39. The monoisotopic (exact) mass is 431 g/mol. The summed E-state index contributed by atoms with van der Waals surface area (Å²) in [7, 11) is 0. The first-order chi connectivity index (χ1) is 10.8. The highest BCUT2D eigenvalue weighted by atomic mass is 127. The molecule has 0 radical (unpaired) electrons. The lowest BCUT2D eigenvalue weighted by Crippen LogP contribution is -2.38. The number of ether oxygens (including phenoxy) is 1. The van der Waals surface area contributed by atoms with E-state index in [2.05, 4.69) is 47.9 Å². The maximum atomic E-state index is 5.35. The maximum absolute atomic E-state index is 5.35.